The van der Waals surface area contributed by atoms with E-state index in [2.05, 4.69) is 79.5 Å². The Morgan fingerprint density at radius 2 is 1.66 bits per heavy atom. The molecule has 2 rings (SSSR count). The van der Waals surface area contributed by atoms with Gasteiger partial charge in [-0.3, -0.25) is 4.79 Å². The molecule has 0 saturated heterocycles. The van der Waals surface area contributed by atoms with Gasteiger partial charge in [0.25, 0.3) is 0 Å². The second-order valence-electron chi connectivity index (χ2n) is 8.16. The first-order valence-electron chi connectivity index (χ1n) is 11.8. The zero-order chi connectivity index (χ0) is 23.2. The van der Waals surface area contributed by atoms with Gasteiger partial charge in [0, 0.05) is 42.0 Å². The van der Waals surface area contributed by atoms with E-state index in [-0.39, 0.29) is 5.91 Å². The predicted octanol–water partition coefficient (Wildman–Crippen LogP) is 5.75. The van der Waals surface area contributed by atoms with Gasteiger partial charge in [-0.15, -0.1) is 0 Å². The summed E-state index contributed by atoms with van der Waals surface area (Å²) in [6, 6.07) is 12.3. The van der Waals surface area contributed by atoms with E-state index in [1.807, 2.05) is 30.8 Å². The Kier molecular flexibility index (Phi) is 11.4. The van der Waals surface area contributed by atoms with Crippen LogP contribution in [0, 0.1) is 0 Å². The molecule has 0 bridgehead atoms. The third-order valence-electron chi connectivity index (χ3n) is 5.77. The van der Waals surface area contributed by atoms with Gasteiger partial charge in [0.1, 0.15) is 12.3 Å². The van der Waals surface area contributed by atoms with Crippen molar-refractivity contribution in [3.05, 3.63) is 59.9 Å². The van der Waals surface area contributed by atoms with Crippen molar-refractivity contribution in [2.45, 2.75) is 64.7 Å². The average molecular weight is 456 g/mol. The zero-order valence-electron chi connectivity index (χ0n) is 20.1. The van der Waals surface area contributed by atoms with Gasteiger partial charge < -0.3 is 10.1 Å². The maximum atomic E-state index is 12.1. The average Bonchev–Trinajstić information content (AvgIpc) is 2.82. The molecular weight excluding hydrogens is 416 g/mol. The van der Waals surface area contributed by atoms with Crippen molar-refractivity contribution < 1.29 is 14.1 Å². The van der Waals surface area contributed by atoms with Crippen LogP contribution in [0.3, 0.4) is 0 Å². The molecule has 1 heterocycles. The summed E-state index contributed by atoms with van der Waals surface area (Å²) in [6.45, 7) is 11.0. The number of ether oxygens (including phenoxy) is 1. The van der Waals surface area contributed by atoms with Gasteiger partial charge in [0.2, 0.25) is 5.91 Å². The van der Waals surface area contributed by atoms with E-state index < -0.39 is 0 Å². The number of nitrogens with zero attached hydrogens (tertiary/aromatic N) is 1. The summed E-state index contributed by atoms with van der Waals surface area (Å²) in [5.41, 5.74) is 2.29. The van der Waals surface area contributed by atoms with Crippen LogP contribution >= 0.6 is 11.8 Å². The minimum atomic E-state index is 0.149. The topological polar surface area (TPSA) is 42.2 Å². The SMILES string of the molecule is CCOc1ccc(C=Cc2cc[n+](CCCC(=O)NCCSC(C)(CC)CC)cc2)cc1. The summed E-state index contributed by atoms with van der Waals surface area (Å²) in [4.78, 5) is 12.1. The van der Waals surface area contributed by atoms with Crippen LogP contribution in [0.25, 0.3) is 12.2 Å². The highest BCUT2D eigenvalue weighted by Gasteiger charge is 2.19. The zero-order valence-corrected chi connectivity index (χ0v) is 20.9. The highest BCUT2D eigenvalue weighted by molar-refractivity contribution is 8.00. The number of hydrogen-bond donors (Lipinski definition) is 1. The first kappa shape index (κ1) is 26.0. The summed E-state index contributed by atoms with van der Waals surface area (Å²) in [6.07, 6.45) is 12.1. The molecule has 2 aromatic rings. The third-order valence-corrected chi connectivity index (χ3v) is 7.45. The van der Waals surface area contributed by atoms with Gasteiger partial charge in [-0.1, -0.05) is 45.1 Å². The fraction of sp³-hybridized carbons (Fsp3) is 0.481. The Morgan fingerprint density at radius 1 is 1.03 bits per heavy atom. The smallest absolute Gasteiger partial charge is 0.220 e. The van der Waals surface area contributed by atoms with Crippen LogP contribution in [-0.4, -0.2) is 29.6 Å². The standard InChI is InChI=1S/C27H38N2O2S/c1-5-27(4,6-2)32-22-18-28-26(30)9-8-19-29-20-16-24(17-21-29)11-10-23-12-14-25(15-13-23)31-7-3/h10-17,20-21H,5-9,18-19,22H2,1-4H3/p+1. The molecule has 4 nitrogen and oxygen atoms in total. The number of rotatable bonds is 14. The lowest BCUT2D eigenvalue weighted by Gasteiger charge is -2.25. The van der Waals surface area contributed by atoms with E-state index in [0.717, 1.165) is 55.0 Å². The molecule has 0 saturated carbocycles. The van der Waals surface area contributed by atoms with Crippen LogP contribution in [-0.2, 0) is 11.3 Å². The van der Waals surface area contributed by atoms with Gasteiger partial charge in [0.15, 0.2) is 12.4 Å². The predicted molar refractivity (Wildman–Crippen MR) is 137 cm³/mol. The number of aryl methyl sites for hydroxylation is 1. The first-order chi connectivity index (χ1) is 15.5. The van der Waals surface area contributed by atoms with Gasteiger partial charge in [-0.25, -0.2) is 4.57 Å². The molecule has 0 aliphatic carbocycles. The van der Waals surface area contributed by atoms with E-state index in [1.54, 1.807) is 0 Å². The maximum absolute atomic E-state index is 12.1. The third kappa shape index (κ3) is 9.47. The number of hydrogen-bond acceptors (Lipinski definition) is 3. The second-order valence-corrected chi connectivity index (χ2v) is 9.85. The fourth-order valence-electron chi connectivity index (χ4n) is 3.22. The minimum absolute atomic E-state index is 0.149. The lowest BCUT2D eigenvalue weighted by molar-refractivity contribution is -0.697. The molecule has 1 amide bonds. The summed E-state index contributed by atoms with van der Waals surface area (Å²) in [7, 11) is 0. The quantitative estimate of drug-likeness (QED) is 0.291. The summed E-state index contributed by atoms with van der Waals surface area (Å²) >= 11 is 1.96. The second kappa shape index (κ2) is 14.0. The number of aromatic nitrogens is 1. The molecule has 0 atom stereocenters. The Morgan fingerprint density at radius 3 is 2.25 bits per heavy atom. The van der Waals surface area contributed by atoms with Crippen LogP contribution < -0.4 is 14.6 Å². The van der Waals surface area contributed by atoms with Crippen molar-refractivity contribution >= 4 is 29.8 Å². The molecule has 5 heteroatoms. The Labute approximate surface area is 198 Å². The van der Waals surface area contributed by atoms with E-state index in [1.165, 1.54) is 0 Å². The van der Waals surface area contributed by atoms with Crippen molar-refractivity contribution in [3.8, 4) is 5.75 Å². The van der Waals surface area contributed by atoms with Crippen molar-refractivity contribution in [2.24, 2.45) is 0 Å². The Bertz CT molecular complexity index is 828. The molecular formula is C27H39N2O2S+. The van der Waals surface area contributed by atoms with E-state index in [0.29, 0.717) is 17.8 Å². The lowest BCUT2D eigenvalue weighted by atomic mass is 10.1. The van der Waals surface area contributed by atoms with Gasteiger partial charge in [0.05, 0.1) is 6.61 Å². The van der Waals surface area contributed by atoms with Crippen LogP contribution in [0.1, 0.15) is 64.5 Å². The molecule has 0 radical (unpaired) electrons. The van der Waals surface area contributed by atoms with Crippen LogP contribution in [0.5, 0.6) is 5.75 Å². The van der Waals surface area contributed by atoms with Crippen molar-refractivity contribution in [3.63, 3.8) is 0 Å². The number of nitrogens with one attached hydrogen (secondary N) is 1. The number of carbonyl (C=O) groups excluding carboxylic acids is 1. The van der Waals surface area contributed by atoms with Crippen LogP contribution in [0.4, 0.5) is 0 Å². The number of amides is 1. The normalized spacial score (nSPS) is 11.6. The lowest BCUT2D eigenvalue weighted by Crippen LogP contribution is -2.34. The minimum Gasteiger partial charge on any atom is -0.494 e. The molecule has 1 aromatic heterocycles. The molecule has 0 spiro atoms. The van der Waals surface area contributed by atoms with Gasteiger partial charge in [-0.05, 0) is 43.0 Å². The Hall–Kier alpha value is -2.27. The van der Waals surface area contributed by atoms with Gasteiger partial charge >= 0.3 is 0 Å². The molecule has 0 aliphatic heterocycles. The highest BCUT2D eigenvalue weighted by Crippen LogP contribution is 2.31. The largest absolute Gasteiger partial charge is 0.494 e. The van der Waals surface area contributed by atoms with E-state index >= 15 is 0 Å². The van der Waals surface area contributed by atoms with Crippen LogP contribution in [0.15, 0.2) is 48.8 Å². The number of benzene rings is 1. The van der Waals surface area contributed by atoms with Crippen molar-refractivity contribution in [1.82, 2.24) is 5.32 Å². The van der Waals surface area contributed by atoms with Crippen molar-refractivity contribution in [2.75, 3.05) is 18.9 Å². The molecule has 174 valence electrons. The summed E-state index contributed by atoms with van der Waals surface area (Å²) < 4.78 is 7.94. The van der Waals surface area contributed by atoms with Crippen LogP contribution in [0.2, 0.25) is 0 Å². The van der Waals surface area contributed by atoms with Gasteiger partial charge in [-0.2, -0.15) is 11.8 Å². The maximum Gasteiger partial charge on any atom is 0.220 e. The highest BCUT2D eigenvalue weighted by atomic mass is 32.2. The Balaban J connectivity index is 1.67. The van der Waals surface area contributed by atoms with E-state index in [9.17, 15) is 4.79 Å². The van der Waals surface area contributed by atoms with Crippen molar-refractivity contribution in [1.29, 1.82) is 0 Å². The molecule has 0 aliphatic rings. The van der Waals surface area contributed by atoms with E-state index in [4.69, 9.17) is 4.74 Å². The monoisotopic (exact) mass is 455 g/mol. The molecule has 0 fully saturated rings. The number of carbonyl (C=O) groups is 1. The first-order valence-corrected chi connectivity index (χ1v) is 12.8. The molecule has 1 N–H and O–H groups in total. The number of thioether (sulfide) groups is 1. The summed E-state index contributed by atoms with van der Waals surface area (Å²) in [5.74, 6) is 2.02. The molecule has 32 heavy (non-hydrogen) atoms. The number of pyridine rings is 1. The molecule has 1 aromatic carbocycles. The fourth-order valence-corrected chi connectivity index (χ4v) is 4.32. The summed E-state index contributed by atoms with van der Waals surface area (Å²) in [5, 5.41) is 3.06. The molecule has 0 unspecified atom stereocenters.